The maximum absolute atomic E-state index is 8.53. The Morgan fingerprint density at radius 1 is 1.19 bits per heavy atom. The van der Waals surface area contributed by atoms with E-state index in [-0.39, 0.29) is 0 Å². The predicted octanol–water partition coefficient (Wildman–Crippen LogP) is 1.77. The molecule has 0 aromatic carbocycles. The molecule has 0 atom stereocenters. The normalized spacial score (nSPS) is 18.9. The Morgan fingerprint density at radius 2 is 1.81 bits per heavy atom. The maximum Gasteiger partial charge on any atom is 0.168 e. The van der Waals surface area contributed by atoms with Crippen LogP contribution in [-0.4, -0.2) is 44.5 Å². The molecule has 1 rings (SSSR count). The van der Waals surface area contributed by atoms with Crippen LogP contribution in [0.1, 0.15) is 32.1 Å². The van der Waals surface area contributed by atoms with E-state index in [9.17, 15) is 0 Å². The van der Waals surface area contributed by atoms with Crippen LogP contribution in [0, 0.1) is 11.3 Å². The predicted molar refractivity (Wildman–Crippen MR) is 61.9 cm³/mol. The molecule has 92 valence electrons. The second-order valence-electron chi connectivity index (χ2n) is 4.53. The highest BCUT2D eigenvalue weighted by Gasteiger charge is 2.35. The van der Waals surface area contributed by atoms with Crippen molar-refractivity contribution in [2.75, 3.05) is 33.9 Å². The van der Waals surface area contributed by atoms with Gasteiger partial charge in [0.2, 0.25) is 0 Å². The third kappa shape index (κ3) is 4.48. The molecule has 0 aliphatic carbocycles. The number of nitriles is 1. The summed E-state index contributed by atoms with van der Waals surface area (Å²) >= 11 is 0. The van der Waals surface area contributed by atoms with Crippen molar-refractivity contribution in [1.29, 1.82) is 5.26 Å². The van der Waals surface area contributed by atoms with E-state index in [1.54, 1.807) is 0 Å². The van der Waals surface area contributed by atoms with E-state index in [0.29, 0.717) is 19.6 Å². The average Bonchev–Trinajstić information content (AvgIpc) is 2.67. The summed E-state index contributed by atoms with van der Waals surface area (Å²) in [6, 6.07) is 2.16. The van der Waals surface area contributed by atoms with Gasteiger partial charge < -0.3 is 14.4 Å². The first-order valence-corrected chi connectivity index (χ1v) is 5.98. The lowest BCUT2D eigenvalue weighted by Gasteiger charge is -2.27. The van der Waals surface area contributed by atoms with Gasteiger partial charge in [0.15, 0.2) is 5.79 Å². The fraction of sp³-hybridized carbons (Fsp3) is 0.917. The second-order valence-corrected chi connectivity index (χ2v) is 4.53. The van der Waals surface area contributed by atoms with Crippen LogP contribution in [0.3, 0.4) is 0 Å². The molecular weight excluding hydrogens is 204 g/mol. The summed E-state index contributed by atoms with van der Waals surface area (Å²) in [7, 11) is 4.14. The van der Waals surface area contributed by atoms with Crippen LogP contribution in [0.25, 0.3) is 0 Å². The molecule has 1 aliphatic heterocycles. The first-order chi connectivity index (χ1) is 7.68. The monoisotopic (exact) mass is 226 g/mol. The number of hydrogen-bond acceptors (Lipinski definition) is 4. The van der Waals surface area contributed by atoms with Gasteiger partial charge in [-0.05, 0) is 33.5 Å². The molecule has 0 saturated carbocycles. The Labute approximate surface area is 98.1 Å². The molecule has 16 heavy (non-hydrogen) atoms. The van der Waals surface area contributed by atoms with Gasteiger partial charge >= 0.3 is 0 Å². The molecule has 1 heterocycles. The van der Waals surface area contributed by atoms with E-state index in [4.69, 9.17) is 14.7 Å². The van der Waals surface area contributed by atoms with E-state index < -0.39 is 5.79 Å². The second kappa shape index (κ2) is 6.85. The fourth-order valence-electron chi connectivity index (χ4n) is 2.01. The van der Waals surface area contributed by atoms with Crippen molar-refractivity contribution >= 4 is 0 Å². The smallest absolute Gasteiger partial charge is 0.168 e. The van der Waals surface area contributed by atoms with Gasteiger partial charge in [0.1, 0.15) is 0 Å². The molecule has 0 unspecified atom stereocenters. The summed E-state index contributed by atoms with van der Waals surface area (Å²) in [5, 5.41) is 8.53. The SMILES string of the molecule is CN(C)CCCC1(CCCC#N)OCCO1. The molecule has 0 aromatic heterocycles. The quantitative estimate of drug-likeness (QED) is 0.621. The minimum Gasteiger partial charge on any atom is -0.348 e. The van der Waals surface area contributed by atoms with Gasteiger partial charge in [-0.2, -0.15) is 5.26 Å². The Kier molecular flexibility index (Phi) is 5.75. The lowest BCUT2D eigenvalue weighted by Crippen LogP contribution is -2.31. The van der Waals surface area contributed by atoms with E-state index in [0.717, 1.165) is 32.2 Å². The minimum atomic E-state index is -0.396. The van der Waals surface area contributed by atoms with Crippen molar-refractivity contribution in [2.45, 2.75) is 37.9 Å². The Hall–Kier alpha value is -0.630. The van der Waals surface area contributed by atoms with Crippen LogP contribution in [0.4, 0.5) is 0 Å². The molecule has 0 radical (unpaired) electrons. The Morgan fingerprint density at radius 3 is 2.38 bits per heavy atom. The molecular formula is C12H22N2O2. The van der Waals surface area contributed by atoms with Gasteiger partial charge in [-0.15, -0.1) is 0 Å². The van der Waals surface area contributed by atoms with E-state index in [1.165, 1.54) is 0 Å². The largest absolute Gasteiger partial charge is 0.348 e. The van der Waals surface area contributed by atoms with Gasteiger partial charge in [-0.25, -0.2) is 0 Å². The lowest BCUT2D eigenvalue weighted by atomic mass is 10.0. The number of hydrogen-bond donors (Lipinski definition) is 0. The summed E-state index contributed by atoms with van der Waals surface area (Å²) in [5.41, 5.74) is 0. The Bertz CT molecular complexity index is 230. The molecule has 0 aromatic rings. The average molecular weight is 226 g/mol. The summed E-state index contributed by atoms with van der Waals surface area (Å²) in [6.45, 7) is 2.43. The highest BCUT2D eigenvalue weighted by Crippen LogP contribution is 2.30. The molecule has 0 spiro atoms. The third-order valence-corrected chi connectivity index (χ3v) is 2.82. The molecule has 0 bridgehead atoms. The van der Waals surface area contributed by atoms with Crippen LogP contribution in [0.5, 0.6) is 0 Å². The summed E-state index contributed by atoms with van der Waals surface area (Å²) in [4.78, 5) is 2.16. The number of unbranched alkanes of at least 4 members (excludes halogenated alkanes) is 1. The summed E-state index contributed by atoms with van der Waals surface area (Å²) < 4.78 is 11.4. The van der Waals surface area contributed by atoms with E-state index in [2.05, 4.69) is 25.1 Å². The van der Waals surface area contributed by atoms with Gasteiger partial charge in [0.05, 0.1) is 19.3 Å². The van der Waals surface area contributed by atoms with Gasteiger partial charge in [-0.3, -0.25) is 0 Å². The van der Waals surface area contributed by atoms with Crippen molar-refractivity contribution in [3.05, 3.63) is 0 Å². The first-order valence-electron chi connectivity index (χ1n) is 5.98. The highest BCUT2D eigenvalue weighted by molar-refractivity contribution is 4.78. The third-order valence-electron chi connectivity index (χ3n) is 2.82. The molecule has 1 saturated heterocycles. The minimum absolute atomic E-state index is 0.396. The molecule has 1 aliphatic rings. The van der Waals surface area contributed by atoms with Crippen LogP contribution >= 0.6 is 0 Å². The van der Waals surface area contributed by atoms with Crippen molar-refractivity contribution in [2.24, 2.45) is 0 Å². The first kappa shape index (κ1) is 13.4. The molecule has 0 N–H and O–H groups in total. The van der Waals surface area contributed by atoms with Crippen molar-refractivity contribution in [3.63, 3.8) is 0 Å². The van der Waals surface area contributed by atoms with Crippen LogP contribution in [0.15, 0.2) is 0 Å². The standard InChI is InChI=1S/C12H22N2O2/c1-14(2)9-5-7-12(6-3-4-8-13)15-10-11-16-12/h3-7,9-11H2,1-2H3. The zero-order chi connectivity index (χ0) is 11.9. The summed E-state index contributed by atoms with van der Waals surface area (Å²) in [6.07, 6.45) is 4.28. The molecule has 4 heteroatoms. The van der Waals surface area contributed by atoms with Crippen molar-refractivity contribution in [3.8, 4) is 6.07 Å². The van der Waals surface area contributed by atoms with Crippen molar-refractivity contribution < 1.29 is 9.47 Å². The van der Waals surface area contributed by atoms with Gasteiger partial charge in [-0.1, -0.05) is 0 Å². The molecule has 1 fully saturated rings. The van der Waals surface area contributed by atoms with Crippen molar-refractivity contribution in [1.82, 2.24) is 4.90 Å². The zero-order valence-corrected chi connectivity index (χ0v) is 10.4. The molecule has 0 amide bonds. The topological polar surface area (TPSA) is 45.5 Å². The summed E-state index contributed by atoms with van der Waals surface area (Å²) in [5.74, 6) is -0.396. The Balaban J connectivity index is 2.30. The fourth-order valence-corrected chi connectivity index (χ4v) is 2.01. The number of ether oxygens (including phenoxy) is 2. The van der Waals surface area contributed by atoms with Crippen LogP contribution in [0.2, 0.25) is 0 Å². The van der Waals surface area contributed by atoms with Crippen LogP contribution < -0.4 is 0 Å². The maximum atomic E-state index is 8.53. The zero-order valence-electron chi connectivity index (χ0n) is 10.4. The van der Waals surface area contributed by atoms with E-state index >= 15 is 0 Å². The number of rotatable bonds is 7. The van der Waals surface area contributed by atoms with Crippen LogP contribution in [-0.2, 0) is 9.47 Å². The van der Waals surface area contributed by atoms with Gasteiger partial charge in [0.25, 0.3) is 0 Å². The highest BCUT2D eigenvalue weighted by atomic mass is 16.7. The molecule has 4 nitrogen and oxygen atoms in total. The number of nitrogens with zero attached hydrogens (tertiary/aromatic N) is 2. The van der Waals surface area contributed by atoms with Gasteiger partial charge in [0, 0.05) is 19.3 Å². The van der Waals surface area contributed by atoms with E-state index in [1.807, 2.05) is 0 Å². The lowest BCUT2D eigenvalue weighted by molar-refractivity contribution is -0.168.